The summed E-state index contributed by atoms with van der Waals surface area (Å²) < 4.78 is 5.28. The van der Waals surface area contributed by atoms with Gasteiger partial charge < -0.3 is 15.4 Å². The van der Waals surface area contributed by atoms with Crippen LogP contribution in [0.5, 0.6) is 5.88 Å². The topological polar surface area (TPSA) is 114 Å². The van der Waals surface area contributed by atoms with Gasteiger partial charge in [0.1, 0.15) is 0 Å². The first-order valence-electron chi connectivity index (χ1n) is 10.7. The van der Waals surface area contributed by atoms with E-state index in [-0.39, 0.29) is 30.5 Å². The zero-order valence-corrected chi connectivity index (χ0v) is 19.3. The SMILES string of the molecule is CN(C(=O)Oc1ccc(NC(=O)CC(C)(C)CC(=O)Nc2cccnc2)cn1)c1ccccc1. The molecule has 9 nitrogen and oxygen atoms in total. The van der Waals surface area contributed by atoms with E-state index in [4.69, 9.17) is 4.74 Å². The van der Waals surface area contributed by atoms with Crippen molar-refractivity contribution in [1.82, 2.24) is 9.97 Å². The molecule has 3 aromatic rings. The first-order chi connectivity index (χ1) is 16.2. The minimum Gasteiger partial charge on any atom is -0.391 e. The van der Waals surface area contributed by atoms with E-state index in [1.807, 2.05) is 32.0 Å². The van der Waals surface area contributed by atoms with Crippen molar-refractivity contribution in [3.05, 3.63) is 73.2 Å². The van der Waals surface area contributed by atoms with Crippen LogP contribution in [0.4, 0.5) is 21.9 Å². The smallest absolute Gasteiger partial charge is 0.391 e. The fourth-order valence-electron chi connectivity index (χ4n) is 3.21. The van der Waals surface area contributed by atoms with Gasteiger partial charge in [0.25, 0.3) is 0 Å². The van der Waals surface area contributed by atoms with Crippen LogP contribution >= 0.6 is 0 Å². The van der Waals surface area contributed by atoms with Gasteiger partial charge in [0.2, 0.25) is 17.7 Å². The van der Waals surface area contributed by atoms with E-state index in [0.717, 1.165) is 0 Å². The molecule has 2 aromatic heterocycles. The Morgan fingerprint density at radius 3 is 2.09 bits per heavy atom. The number of rotatable bonds is 8. The Hall–Kier alpha value is -4.27. The van der Waals surface area contributed by atoms with E-state index in [0.29, 0.717) is 17.1 Å². The molecule has 0 aliphatic rings. The number of nitrogens with zero attached hydrogens (tertiary/aromatic N) is 3. The first-order valence-corrected chi connectivity index (χ1v) is 10.7. The summed E-state index contributed by atoms with van der Waals surface area (Å²) >= 11 is 0. The largest absolute Gasteiger partial charge is 0.420 e. The number of pyridine rings is 2. The lowest BCUT2D eigenvalue weighted by Crippen LogP contribution is -2.29. The molecular weight excluding hydrogens is 434 g/mol. The van der Waals surface area contributed by atoms with Gasteiger partial charge in [-0.05, 0) is 35.7 Å². The number of anilines is 3. The van der Waals surface area contributed by atoms with Gasteiger partial charge in [0, 0.05) is 37.8 Å². The van der Waals surface area contributed by atoms with Crippen LogP contribution in [0.2, 0.25) is 0 Å². The number of hydrogen-bond acceptors (Lipinski definition) is 6. The van der Waals surface area contributed by atoms with Crippen molar-refractivity contribution in [3.63, 3.8) is 0 Å². The monoisotopic (exact) mass is 461 g/mol. The van der Waals surface area contributed by atoms with Crippen molar-refractivity contribution < 1.29 is 19.1 Å². The second-order valence-electron chi connectivity index (χ2n) is 8.50. The molecule has 0 aliphatic heterocycles. The number of carbonyl (C=O) groups excluding carboxylic acids is 3. The average Bonchev–Trinajstić information content (AvgIpc) is 2.80. The predicted molar refractivity (Wildman–Crippen MR) is 130 cm³/mol. The van der Waals surface area contributed by atoms with Crippen LogP contribution in [0.25, 0.3) is 0 Å². The van der Waals surface area contributed by atoms with E-state index in [2.05, 4.69) is 20.6 Å². The average molecular weight is 462 g/mol. The molecule has 0 spiro atoms. The Bertz CT molecular complexity index is 1120. The number of nitrogens with one attached hydrogen (secondary N) is 2. The normalized spacial score (nSPS) is 10.8. The minimum atomic E-state index is -0.582. The third-order valence-electron chi connectivity index (χ3n) is 4.85. The number of aromatic nitrogens is 2. The molecule has 0 aliphatic carbocycles. The van der Waals surface area contributed by atoms with E-state index in [9.17, 15) is 14.4 Å². The second-order valence-corrected chi connectivity index (χ2v) is 8.50. The predicted octanol–water partition coefficient (Wildman–Crippen LogP) is 4.50. The summed E-state index contributed by atoms with van der Waals surface area (Å²) in [6, 6.07) is 15.7. The van der Waals surface area contributed by atoms with Crippen molar-refractivity contribution in [2.45, 2.75) is 26.7 Å². The molecule has 1 aromatic carbocycles. The molecule has 9 heteroatoms. The van der Waals surface area contributed by atoms with Crippen molar-refractivity contribution in [2.75, 3.05) is 22.6 Å². The Morgan fingerprint density at radius 2 is 1.53 bits per heavy atom. The van der Waals surface area contributed by atoms with Gasteiger partial charge in [-0.3, -0.25) is 19.5 Å². The van der Waals surface area contributed by atoms with Gasteiger partial charge in [0.05, 0.1) is 23.8 Å². The number of para-hydroxylation sites is 1. The molecular formula is C25H27N5O4. The first kappa shape index (κ1) is 24.4. The fourth-order valence-corrected chi connectivity index (χ4v) is 3.21. The summed E-state index contributed by atoms with van der Waals surface area (Å²) in [4.78, 5) is 46.5. The van der Waals surface area contributed by atoms with Crippen molar-refractivity contribution in [1.29, 1.82) is 0 Å². The lowest BCUT2D eigenvalue weighted by atomic mass is 9.85. The van der Waals surface area contributed by atoms with Gasteiger partial charge in [-0.15, -0.1) is 0 Å². The molecule has 34 heavy (non-hydrogen) atoms. The molecule has 3 amide bonds. The van der Waals surface area contributed by atoms with Gasteiger partial charge in [-0.1, -0.05) is 32.0 Å². The Balaban J connectivity index is 1.49. The lowest BCUT2D eigenvalue weighted by Gasteiger charge is -2.23. The van der Waals surface area contributed by atoms with E-state index in [1.165, 1.54) is 17.2 Å². The van der Waals surface area contributed by atoms with Crippen LogP contribution in [0.3, 0.4) is 0 Å². The van der Waals surface area contributed by atoms with E-state index >= 15 is 0 Å². The summed E-state index contributed by atoms with van der Waals surface area (Å²) in [5.74, 6) is -0.341. The zero-order chi connectivity index (χ0) is 24.6. The Morgan fingerprint density at radius 1 is 0.882 bits per heavy atom. The summed E-state index contributed by atoms with van der Waals surface area (Å²) in [6.45, 7) is 3.69. The fraction of sp³-hybridized carbons (Fsp3) is 0.240. The molecule has 3 rings (SSSR count). The Kier molecular flexibility index (Phi) is 7.92. The highest BCUT2D eigenvalue weighted by molar-refractivity contribution is 5.93. The standard InChI is InChI=1S/C25H27N5O4/c1-25(2,14-21(31)28-18-8-7-13-26-16-18)15-22(32)29-19-11-12-23(27-17-19)34-24(33)30(3)20-9-5-4-6-10-20/h4-13,16-17H,14-15H2,1-3H3,(H,28,31)(H,29,32). The van der Waals surface area contributed by atoms with Crippen LogP contribution in [-0.4, -0.2) is 34.9 Å². The highest BCUT2D eigenvalue weighted by Crippen LogP contribution is 2.26. The summed E-state index contributed by atoms with van der Waals surface area (Å²) in [6.07, 6.45) is 4.31. The summed E-state index contributed by atoms with van der Waals surface area (Å²) in [5.41, 5.74) is 1.18. The van der Waals surface area contributed by atoms with Gasteiger partial charge in [0.15, 0.2) is 0 Å². The number of amides is 3. The third-order valence-corrected chi connectivity index (χ3v) is 4.85. The number of hydrogen-bond donors (Lipinski definition) is 2. The van der Waals surface area contributed by atoms with Crippen molar-refractivity contribution in [3.8, 4) is 5.88 Å². The lowest BCUT2D eigenvalue weighted by molar-refractivity contribution is -0.120. The summed E-state index contributed by atoms with van der Waals surface area (Å²) in [5, 5.41) is 5.53. The molecule has 176 valence electrons. The van der Waals surface area contributed by atoms with E-state index < -0.39 is 11.5 Å². The van der Waals surface area contributed by atoms with Crippen LogP contribution in [-0.2, 0) is 9.59 Å². The number of benzene rings is 1. The van der Waals surface area contributed by atoms with E-state index in [1.54, 1.807) is 49.8 Å². The highest BCUT2D eigenvalue weighted by atomic mass is 16.6. The minimum absolute atomic E-state index is 0.109. The number of carbonyl (C=O) groups is 3. The van der Waals surface area contributed by atoms with Crippen molar-refractivity contribution >= 4 is 35.0 Å². The third kappa shape index (κ3) is 7.40. The zero-order valence-electron chi connectivity index (χ0n) is 19.3. The molecule has 0 saturated heterocycles. The highest BCUT2D eigenvalue weighted by Gasteiger charge is 2.25. The van der Waals surface area contributed by atoms with Crippen LogP contribution in [0.1, 0.15) is 26.7 Å². The molecule has 2 heterocycles. The molecule has 2 N–H and O–H groups in total. The maximum Gasteiger partial charge on any atom is 0.420 e. The summed E-state index contributed by atoms with van der Waals surface area (Å²) in [7, 11) is 1.60. The second kappa shape index (κ2) is 11.0. The maximum atomic E-state index is 12.5. The molecule has 0 fully saturated rings. The molecule has 0 radical (unpaired) electrons. The van der Waals surface area contributed by atoms with Gasteiger partial charge in [-0.2, -0.15) is 0 Å². The van der Waals surface area contributed by atoms with Crippen LogP contribution < -0.4 is 20.3 Å². The quantitative estimate of drug-likeness (QED) is 0.511. The Labute approximate surface area is 198 Å². The van der Waals surface area contributed by atoms with Gasteiger partial charge in [-0.25, -0.2) is 9.78 Å². The number of ether oxygens (including phenoxy) is 1. The van der Waals surface area contributed by atoms with Crippen LogP contribution in [0.15, 0.2) is 73.2 Å². The molecule has 0 atom stereocenters. The molecule has 0 bridgehead atoms. The van der Waals surface area contributed by atoms with Crippen molar-refractivity contribution in [2.24, 2.45) is 5.41 Å². The maximum absolute atomic E-state index is 12.5. The van der Waals surface area contributed by atoms with Gasteiger partial charge >= 0.3 is 6.09 Å². The molecule has 0 unspecified atom stereocenters. The molecule has 0 saturated carbocycles. The van der Waals surface area contributed by atoms with Crippen LogP contribution in [0, 0.1) is 5.41 Å².